The predicted molar refractivity (Wildman–Crippen MR) is 153 cm³/mol. The summed E-state index contributed by atoms with van der Waals surface area (Å²) in [5, 5.41) is 11.2. The normalized spacial score (nSPS) is 32.2. The van der Waals surface area contributed by atoms with Crippen LogP contribution in [0.5, 0.6) is 0 Å². The van der Waals surface area contributed by atoms with Crippen molar-refractivity contribution in [3.8, 4) is 0 Å². The minimum Gasteiger partial charge on any atom is -0.490 e. The first-order valence-corrected chi connectivity index (χ1v) is 14.2. The van der Waals surface area contributed by atoms with E-state index < -0.39 is 27.9 Å². The smallest absolute Gasteiger partial charge is 0.184 e. The first-order chi connectivity index (χ1) is 18.1. The summed E-state index contributed by atoms with van der Waals surface area (Å²) in [5.74, 6) is -0.849. The Morgan fingerprint density at radius 1 is 1.05 bits per heavy atom. The summed E-state index contributed by atoms with van der Waals surface area (Å²) in [4.78, 5) is 44.2. The molecule has 1 aromatic rings. The van der Waals surface area contributed by atoms with Gasteiger partial charge in [-0.25, -0.2) is 0 Å². The minimum absolute atomic E-state index is 0.115. The van der Waals surface area contributed by atoms with E-state index in [1.807, 2.05) is 39.8 Å². The van der Waals surface area contributed by atoms with Gasteiger partial charge in [0, 0.05) is 11.1 Å². The van der Waals surface area contributed by atoms with E-state index in [-0.39, 0.29) is 35.4 Å². The number of hydrogen-bond acceptors (Lipinski definition) is 5. The van der Waals surface area contributed by atoms with Gasteiger partial charge in [-0.1, -0.05) is 60.6 Å². The molecule has 5 nitrogen and oxygen atoms in total. The number of allylic oxidation sites excluding steroid dienone is 6. The van der Waals surface area contributed by atoms with Crippen LogP contribution in [-0.2, 0) is 14.3 Å². The van der Waals surface area contributed by atoms with Crippen LogP contribution in [0.1, 0.15) is 97.9 Å². The van der Waals surface area contributed by atoms with Crippen LogP contribution in [0.15, 0.2) is 65.0 Å². The minimum atomic E-state index is -1.67. The van der Waals surface area contributed by atoms with Gasteiger partial charge in [-0.2, -0.15) is 0 Å². The van der Waals surface area contributed by atoms with Crippen molar-refractivity contribution in [2.75, 3.05) is 0 Å². The molecule has 1 N–H and O–H groups in total. The van der Waals surface area contributed by atoms with Crippen molar-refractivity contribution in [2.24, 2.45) is 22.2 Å². The Hall–Kier alpha value is -2.79. The summed E-state index contributed by atoms with van der Waals surface area (Å²) in [6.07, 6.45) is 5.73. The molecule has 5 heteroatoms. The molecule has 0 spiro atoms. The fourth-order valence-corrected chi connectivity index (χ4v) is 7.18. The molecule has 4 rings (SSSR count). The molecule has 0 aromatic heterocycles. The summed E-state index contributed by atoms with van der Waals surface area (Å²) in [6, 6.07) is 8.94. The highest BCUT2D eigenvalue weighted by atomic mass is 16.5. The number of hydrogen-bond donors (Lipinski definition) is 1. The van der Waals surface area contributed by atoms with Gasteiger partial charge in [0.1, 0.15) is 11.9 Å². The summed E-state index contributed by atoms with van der Waals surface area (Å²) < 4.78 is 6.67. The lowest BCUT2D eigenvalue weighted by Gasteiger charge is -2.60. The molecule has 0 radical (unpaired) electrons. The van der Waals surface area contributed by atoms with Gasteiger partial charge in [0.15, 0.2) is 22.8 Å². The summed E-state index contributed by atoms with van der Waals surface area (Å²) >= 11 is 0. The lowest BCUT2D eigenvalue weighted by atomic mass is 9.39. The number of fused-ring (bicyclic) bond motifs is 1. The number of benzene rings is 1. The number of ketones is 3. The van der Waals surface area contributed by atoms with Gasteiger partial charge >= 0.3 is 0 Å². The van der Waals surface area contributed by atoms with Crippen LogP contribution in [0.4, 0.5) is 0 Å². The quantitative estimate of drug-likeness (QED) is 0.233. The number of carbonyl (C=O) groups excluding carboxylic acids is 3. The molecular formula is C34H44O5. The summed E-state index contributed by atoms with van der Waals surface area (Å²) in [6.45, 7) is 15.2. The van der Waals surface area contributed by atoms with Crippen LogP contribution >= 0.6 is 0 Å². The Kier molecular flexibility index (Phi) is 7.48. The molecule has 2 bridgehead atoms. The third kappa shape index (κ3) is 4.47. The third-order valence-corrected chi connectivity index (χ3v) is 9.52. The zero-order valence-corrected chi connectivity index (χ0v) is 24.8. The Balaban J connectivity index is 2.15. The molecule has 1 saturated heterocycles. The Bertz CT molecular complexity index is 1270. The maximum Gasteiger partial charge on any atom is 0.184 e. The van der Waals surface area contributed by atoms with E-state index in [9.17, 15) is 19.5 Å². The van der Waals surface area contributed by atoms with Crippen molar-refractivity contribution in [3.63, 3.8) is 0 Å². The molecule has 2 aliphatic carbocycles. The predicted octanol–water partition coefficient (Wildman–Crippen LogP) is 6.96. The van der Waals surface area contributed by atoms with Crippen molar-refractivity contribution in [2.45, 2.75) is 99.2 Å². The number of rotatable bonds is 7. The maximum atomic E-state index is 14.9. The van der Waals surface area contributed by atoms with E-state index in [0.29, 0.717) is 36.8 Å². The van der Waals surface area contributed by atoms with Gasteiger partial charge in [0.05, 0.1) is 11.0 Å². The highest BCUT2D eigenvalue weighted by Crippen LogP contribution is 2.69. The van der Waals surface area contributed by atoms with Crippen LogP contribution < -0.4 is 0 Å². The van der Waals surface area contributed by atoms with Crippen molar-refractivity contribution < 1.29 is 24.2 Å². The monoisotopic (exact) mass is 532 g/mol. The molecule has 3 aliphatic rings. The van der Waals surface area contributed by atoms with Crippen LogP contribution in [0.2, 0.25) is 0 Å². The van der Waals surface area contributed by atoms with Crippen LogP contribution in [0.25, 0.3) is 0 Å². The first kappa shape index (κ1) is 29.2. The second kappa shape index (κ2) is 9.99. The second-order valence-corrected chi connectivity index (χ2v) is 13.4. The standard InChI is InChI=1S/C34H44O5/c1-21(2)14-16-24-20-32(7)28(36)25(17-15-22(3)4)29-34(30(32)37,27(35)23-12-10-9-11-13-23)33(24,8)19-18-26(39-29)31(5,6)38/h9-15,24,26,38H,16-20H2,1-8H3/t24-,26-,32+,33+,34-/m0/s1. The van der Waals surface area contributed by atoms with E-state index in [1.165, 1.54) is 0 Å². The fraction of sp³-hybridized carbons (Fsp3) is 0.559. The molecular weight excluding hydrogens is 488 g/mol. The molecule has 1 saturated carbocycles. The van der Waals surface area contributed by atoms with E-state index in [1.54, 1.807) is 45.0 Å². The maximum absolute atomic E-state index is 14.9. The highest BCUT2D eigenvalue weighted by Gasteiger charge is 2.76. The molecule has 1 heterocycles. The van der Waals surface area contributed by atoms with E-state index in [2.05, 4.69) is 13.0 Å². The first-order valence-electron chi connectivity index (χ1n) is 14.2. The lowest BCUT2D eigenvalue weighted by molar-refractivity contribution is -0.165. The Morgan fingerprint density at radius 3 is 2.23 bits per heavy atom. The van der Waals surface area contributed by atoms with Crippen LogP contribution in [0.3, 0.4) is 0 Å². The third-order valence-electron chi connectivity index (χ3n) is 9.52. The zero-order valence-electron chi connectivity index (χ0n) is 24.8. The molecule has 0 unspecified atom stereocenters. The van der Waals surface area contributed by atoms with Crippen molar-refractivity contribution >= 4 is 17.3 Å². The van der Waals surface area contributed by atoms with Gasteiger partial charge in [-0.3, -0.25) is 14.4 Å². The van der Waals surface area contributed by atoms with E-state index in [4.69, 9.17) is 4.74 Å². The van der Waals surface area contributed by atoms with E-state index in [0.717, 1.165) is 11.1 Å². The second-order valence-electron chi connectivity index (χ2n) is 13.4. The topological polar surface area (TPSA) is 80.7 Å². The van der Waals surface area contributed by atoms with Gasteiger partial charge in [0.2, 0.25) is 0 Å². The summed E-state index contributed by atoms with van der Waals surface area (Å²) in [7, 11) is 0. The number of Topliss-reactive ketones (excluding diaryl/α,β-unsaturated/α-hetero) is 3. The van der Waals surface area contributed by atoms with Gasteiger partial charge < -0.3 is 9.84 Å². The van der Waals surface area contributed by atoms with Crippen molar-refractivity contribution in [1.82, 2.24) is 0 Å². The molecule has 39 heavy (non-hydrogen) atoms. The fourth-order valence-electron chi connectivity index (χ4n) is 7.18. The number of carbonyl (C=O) groups is 3. The molecule has 5 atom stereocenters. The molecule has 1 aliphatic heterocycles. The van der Waals surface area contributed by atoms with Gasteiger partial charge in [-0.15, -0.1) is 0 Å². The number of aliphatic hydroxyl groups is 1. The molecule has 0 amide bonds. The van der Waals surface area contributed by atoms with Gasteiger partial charge in [0.25, 0.3) is 0 Å². The van der Waals surface area contributed by atoms with E-state index >= 15 is 0 Å². The van der Waals surface area contributed by atoms with Crippen molar-refractivity contribution in [1.29, 1.82) is 0 Å². The van der Waals surface area contributed by atoms with Crippen LogP contribution in [0, 0.1) is 22.2 Å². The molecule has 210 valence electrons. The lowest BCUT2D eigenvalue weighted by Crippen LogP contribution is -2.68. The van der Waals surface area contributed by atoms with Crippen molar-refractivity contribution in [3.05, 3.63) is 70.5 Å². The van der Waals surface area contributed by atoms with Crippen LogP contribution in [-0.4, -0.2) is 34.2 Å². The highest BCUT2D eigenvalue weighted by molar-refractivity contribution is 6.29. The van der Waals surface area contributed by atoms with Gasteiger partial charge in [-0.05, 0) is 91.9 Å². The molecule has 2 fully saturated rings. The number of ether oxygens (including phenoxy) is 1. The molecule has 1 aromatic carbocycles. The zero-order chi connectivity index (χ0) is 29.0. The largest absolute Gasteiger partial charge is 0.490 e. The Labute approximate surface area is 233 Å². The SMILES string of the molecule is CC(C)=CCC1=C2O[C@H](C(C)(C)O)CC[C@]3(C)[C@@H](CC=C(C)C)C[C@](C)(C1=O)C(=O)[C@]23C(=O)c1ccccc1. The summed E-state index contributed by atoms with van der Waals surface area (Å²) in [5.41, 5.74) is -2.06. The average molecular weight is 533 g/mol. The average Bonchev–Trinajstić information content (AvgIpc) is 3.01. The Morgan fingerprint density at radius 2 is 1.67 bits per heavy atom.